The summed E-state index contributed by atoms with van der Waals surface area (Å²) in [4.78, 5) is 21.2. The molecule has 4 heteroatoms. The number of amides is 1. The van der Waals surface area contributed by atoms with Crippen molar-refractivity contribution in [1.82, 2.24) is 15.3 Å². The molecule has 3 rings (SSSR count). The number of aromatic nitrogens is 2. The van der Waals surface area contributed by atoms with Crippen LogP contribution in [0.4, 0.5) is 0 Å². The summed E-state index contributed by atoms with van der Waals surface area (Å²) in [6.07, 6.45) is 11.5. The summed E-state index contributed by atoms with van der Waals surface area (Å²) < 4.78 is 0. The van der Waals surface area contributed by atoms with E-state index in [1.54, 1.807) is 6.20 Å². The average molecular weight is 285 g/mol. The SMILES string of the molecule is Cc1ccnc(C(NC(=O)CC2=CCCCC2)C2CC2)n1. The molecule has 2 aliphatic carbocycles. The number of nitrogens with one attached hydrogen (secondary N) is 1. The lowest BCUT2D eigenvalue weighted by atomic mass is 9.97. The van der Waals surface area contributed by atoms with Crippen molar-refractivity contribution in [2.45, 2.75) is 57.9 Å². The average Bonchev–Trinajstić information content (AvgIpc) is 3.30. The van der Waals surface area contributed by atoms with E-state index in [-0.39, 0.29) is 11.9 Å². The molecule has 0 bridgehead atoms. The Labute approximate surface area is 126 Å². The summed E-state index contributed by atoms with van der Waals surface area (Å²) in [6, 6.07) is 1.88. The van der Waals surface area contributed by atoms with Gasteiger partial charge in [-0.1, -0.05) is 11.6 Å². The van der Waals surface area contributed by atoms with Gasteiger partial charge in [-0.2, -0.15) is 0 Å². The summed E-state index contributed by atoms with van der Waals surface area (Å²) in [6.45, 7) is 1.96. The van der Waals surface area contributed by atoms with E-state index in [1.807, 2.05) is 13.0 Å². The normalized spacial score (nSPS) is 19.8. The highest BCUT2D eigenvalue weighted by molar-refractivity contribution is 5.79. The molecule has 0 aliphatic heterocycles. The molecule has 112 valence electrons. The van der Waals surface area contributed by atoms with Gasteiger partial charge in [-0.15, -0.1) is 0 Å². The van der Waals surface area contributed by atoms with Crippen LogP contribution in [-0.2, 0) is 4.79 Å². The third-order valence-electron chi connectivity index (χ3n) is 4.27. The maximum atomic E-state index is 12.3. The zero-order chi connectivity index (χ0) is 14.7. The van der Waals surface area contributed by atoms with Crippen molar-refractivity contribution in [1.29, 1.82) is 0 Å². The zero-order valence-electron chi connectivity index (χ0n) is 12.6. The standard InChI is InChI=1S/C17H23N3O/c1-12-9-10-18-17(19-12)16(14-7-8-14)20-15(21)11-13-5-3-2-4-6-13/h5,9-10,14,16H,2-4,6-8,11H2,1H3,(H,20,21). The second-order valence-electron chi connectivity index (χ2n) is 6.22. The van der Waals surface area contributed by atoms with Gasteiger partial charge in [0.1, 0.15) is 0 Å². The fourth-order valence-corrected chi connectivity index (χ4v) is 2.94. The summed E-state index contributed by atoms with van der Waals surface area (Å²) in [7, 11) is 0. The molecule has 1 fully saturated rings. The molecule has 1 saturated carbocycles. The van der Waals surface area contributed by atoms with Crippen LogP contribution in [0.25, 0.3) is 0 Å². The molecular weight excluding hydrogens is 262 g/mol. The molecule has 1 unspecified atom stereocenters. The molecule has 1 amide bonds. The van der Waals surface area contributed by atoms with Crippen molar-refractivity contribution in [3.8, 4) is 0 Å². The Balaban J connectivity index is 1.65. The maximum Gasteiger partial charge on any atom is 0.224 e. The summed E-state index contributed by atoms with van der Waals surface area (Å²) in [5.41, 5.74) is 2.24. The van der Waals surface area contributed by atoms with Gasteiger partial charge in [0.15, 0.2) is 5.82 Å². The molecule has 1 heterocycles. The first-order chi connectivity index (χ1) is 10.2. The van der Waals surface area contributed by atoms with Crippen molar-refractivity contribution in [3.05, 3.63) is 35.4 Å². The van der Waals surface area contributed by atoms with E-state index in [0.29, 0.717) is 12.3 Å². The predicted molar refractivity (Wildman–Crippen MR) is 81.5 cm³/mol. The lowest BCUT2D eigenvalue weighted by Gasteiger charge is -2.18. The van der Waals surface area contributed by atoms with Gasteiger partial charge in [-0.3, -0.25) is 4.79 Å². The zero-order valence-corrected chi connectivity index (χ0v) is 12.6. The second kappa shape index (κ2) is 6.37. The van der Waals surface area contributed by atoms with Crippen LogP contribution in [0, 0.1) is 12.8 Å². The first-order valence-electron chi connectivity index (χ1n) is 7.99. The van der Waals surface area contributed by atoms with E-state index >= 15 is 0 Å². The van der Waals surface area contributed by atoms with E-state index in [2.05, 4.69) is 21.4 Å². The number of allylic oxidation sites excluding steroid dienone is 1. The largest absolute Gasteiger partial charge is 0.346 e. The van der Waals surface area contributed by atoms with Crippen LogP contribution in [-0.4, -0.2) is 15.9 Å². The smallest absolute Gasteiger partial charge is 0.224 e. The summed E-state index contributed by atoms with van der Waals surface area (Å²) in [5.74, 6) is 1.39. The van der Waals surface area contributed by atoms with Crippen LogP contribution in [0.3, 0.4) is 0 Å². The monoisotopic (exact) mass is 285 g/mol. The van der Waals surface area contributed by atoms with Gasteiger partial charge in [0, 0.05) is 18.3 Å². The second-order valence-corrected chi connectivity index (χ2v) is 6.22. The molecular formula is C17H23N3O. The van der Waals surface area contributed by atoms with Crippen LogP contribution >= 0.6 is 0 Å². The first-order valence-corrected chi connectivity index (χ1v) is 7.99. The summed E-state index contributed by atoms with van der Waals surface area (Å²) in [5, 5.41) is 3.16. The molecule has 2 aliphatic rings. The van der Waals surface area contributed by atoms with Crippen LogP contribution in [0.2, 0.25) is 0 Å². The van der Waals surface area contributed by atoms with Gasteiger partial charge >= 0.3 is 0 Å². The van der Waals surface area contributed by atoms with Gasteiger partial charge in [0.2, 0.25) is 5.91 Å². The lowest BCUT2D eigenvalue weighted by Crippen LogP contribution is -2.31. The van der Waals surface area contributed by atoms with E-state index < -0.39 is 0 Å². The predicted octanol–water partition coefficient (Wildman–Crippen LogP) is 3.24. The van der Waals surface area contributed by atoms with Crippen molar-refractivity contribution in [2.75, 3.05) is 0 Å². The van der Waals surface area contributed by atoms with Crippen molar-refractivity contribution in [2.24, 2.45) is 5.92 Å². The van der Waals surface area contributed by atoms with Gasteiger partial charge in [-0.25, -0.2) is 9.97 Å². The number of carbonyl (C=O) groups is 1. The first kappa shape index (κ1) is 14.2. The van der Waals surface area contributed by atoms with E-state index in [9.17, 15) is 4.79 Å². The number of hydrogen-bond donors (Lipinski definition) is 1. The molecule has 1 aromatic rings. The minimum absolute atomic E-state index is 0.0124. The molecule has 0 radical (unpaired) electrons. The van der Waals surface area contributed by atoms with Crippen LogP contribution in [0.5, 0.6) is 0 Å². The molecule has 0 spiro atoms. The van der Waals surface area contributed by atoms with Crippen molar-refractivity contribution < 1.29 is 4.79 Å². The van der Waals surface area contributed by atoms with Gasteiger partial charge in [-0.05, 0) is 57.4 Å². The molecule has 1 aromatic heterocycles. The minimum atomic E-state index is -0.0124. The molecule has 21 heavy (non-hydrogen) atoms. The van der Waals surface area contributed by atoms with E-state index in [4.69, 9.17) is 0 Å². The lowest BCUT2D eigenvalue weighted by molar-refractivity contribution is -0.121. The maximum absolute atomic E-state index is 12.3. The van der Waals surface area contributed by atoms with Crippen LogP contribution in [0.15, 0.2) is 23.9 Å². The third-order valence-corrected chi connectivity index (χ3v) is 4.27. The fourth-order valence-electron chi connectivity index (χ4n) is 2.94. The van der Waals surface area contributed by atoms with E-state index in [1.165, 1.54) is 18.4 Å². The quantitative estimate of drug-likeness (QED) is 0.845. The van der Waals surface area contributed by atoms with Crippen LogP contribution in [0.1, 0.15) is 62.5 Å². The highest BCUT2D eigenvalue weighted by atomic mass is 16.1. The molecule has 0 saturated heterocycles. The Bertz CT molecular complexity index is 549. The minimum Gasteiger partial charge on any atom is -0.346 e. The number of nitrogens with zero attached hydrogens (tertiary/aromatic N) is 2. The van der Waals surface area contributed by atoms with Crippen LogP contribution < -0.4 is 5.32 Å². The molecule has 1 atom stereocenters. The number of aryl methyl sites for hydroxylation is 1. The molecule has 0 aromatic carbocycles. The third kappa shape index (κ3) is 3.90. The Morgan fingerprint density at radius 2 is 2.29 bits per heavy atom. The Hall–Kier alpha value is -1.71. The molecule has 4 nitrogen and oxygen atoms in total. The summed E-state index contributed by atoms with van der Waals surface area (Å²) >= 11 is 0. The van der Waals surface area contributed by atoms with E-state index in [0.717, 1.165) is 37.2 Å². The highest BCUT2D eigenvalue weighted by Gasteiger charge is 2.35. The number of rotatable bonds is 5. The Morgan fingerprint density at radius 1 is 1.43 bits per heavy atom. The van der Waals surface area contributed by atoms with Gasteiger partial charge in [0.05, 0.1) is 6.04 Å². The van der Waals surface area contributed by atoms with Gasteiger partial charge < -0.3 is 5.32 Å². The molecule has 1 N–H and O–H groups in total. The van der Waals surface area contributed by atoms with Crippen molar-refractivity contribution in [3.63, 3.8) is 0 Å². The van der Waals surface area contributed by atoms with Crippen molar-refractivity contribution >= 4 is 5.91 Å². The fraction of sp³-hybridized carbons (Fsp3) is 0.588. The highest BCUT2D eigenvalue weighted by Crippen LogP contribution is 2.40. The topological polar surface area (TPSA) is 54.9 Å². The number of carbonyl (C=O) groups excluding carboxylic acids is 1. The number of hydrogen-bond acceptors (Lipinski definition) is 3. The Kier molecular flexibility index (Phi) is 4.32. The Morgan fingerprint density at radius 3 is 2.95 bits per heavy atom. The van der Waals surface area contributed by atoms with Gasteiger partial charge in [0.25, 0.3) is 0 Å².